The molecule has 3 N–H and O–H groups in total. The van der Waals surface area contributed by atoms with Gasteiger partial charge in [-0.2, -0.15) is 0 Å². The number of methoxy groups -OCH3 is 1. The van der Waals surface area contributed by atoms with Crippen molar-refractivity contribution in [2.75, 3.05) is 12.4 Å². The largest absolute Gasteiger partial charge is 0.508 e. The number of benzene rings is 2. The van der Waals surface area contributed by atoms with Crippen molar-refractivity contribution < 1.29 is 24.2 Å². The zero-order valence-corrected chi connectivity index (χ0v) is 15.2. The number of phenolic OH excluding ortho intramolecular Hbond substituents is 1. The normalized spacial score (nSPS) is 15.0. The molecule has 0 saturated heterocycles. The van der Waals surface area contributed by atoms with Crippen LogP contribution in [-0.2, 0) is 27.2 Å². The summed E-state index contributed by atoms with van der Waals surface area (Å²) in [4.78, 5) is 36.3. The van der Waals surface area contributed by atoms with E-state index in [1.165, 1.54) is 25.3 Å². The highest BCUT2D eigenvalue weighted by molar-refractivity contribution is 6.40. The van der Waals surface area contributed by atoms with E-state index >= 15 is 0 Å². The number of rotatable bonds is 3. The Hall–Kier alpha value is -3.06. The van der Waals surface area contributed by atoms with Crippen molar-refractivity contribution in [1.82, 2.24) is 5.32 Å². The Kier molecular flexibility index (Phi) is 5.32. The highest BCUT2D eigenvalue weighted by Crippen LogP contribution is 2.29. The van der Waals surface area contributed by atoms with Crippen molar-refractivity contribution in [3.05, 3.63) is 58.1 Å². The monoisotopic (exact) mass is 388 g/mol. The first-order valence-corrected chi connectivity index (χ1v) is 8.56. The lowest BCUT2D eigenvalue weighted by molar-refractivity contribution is -0.136. The molecule has 1 unspecified atom stereocenters. The average molecular weight is 389 g/mol. The van der Waals surface area contributed by atoms with Crippen molar-refractivity contribution >= 4 is 35.1 Å². The molecule has 0 aliphatic heterocycles. The molecule has 2 amide bonds. The van der Waals surface area contributed by atoms with Crippen LogP contribution in [0.25, 0.3) is 0 Å². The summed E-state index contributed by atoms with van der Waals surface area (Å²) in [7, 11) is 1.21. The lowest BCUT2D eigenvalue weighted by Gasteiger charge is -2.13. The summed E-state index contributed by atoms with van der Waals surface area (Å²) in [6.45, 7) is 0. The molecule has 7 nitrogen and oxygen atoms in total. The van der Waals surface area contributed by atoms with E-state index in [2.05, 4.69) is 15.4 Å². The van der Waals surface area contributed by atoms with Crippen LogP contribution in [-0.4, -0.2) is 36.0 Å². The molecule has 1 atom stereocenters. The Morgan fingerprint density at radius 1 is 1.15 bits per heavy atom. The Bertz CT molecular complexity index is 928. The summed E-state index contributed by atoms with van der Waals surface area (Å²) in [6.07, 6.45) is 0.957. The van der Waals surface area contributed by atoms with Crippen LogP contribution in [0.5, 0.6) is 5.75 Å². The zero-order valence-electron chi connectivity index (χ0n) is 14.4. The van der Waals surface area contributed by atoms with Gasteiger partial charge in [0.05, 0.1) is 18.4 Å². The molecular formula is C19H17ClN2O5. The average Bonchev–Trinajstić information content (AvgIpc) is 3.05. The Morgan fingerprint density at radius 2 is 1.93 bits per heavy atom. The third-order valence-corrected chi connectivity index (χ3v) is 4.58. The van der Waals surface area contributed by atoms with Gasteiger partial charge in [0.25, 0.3) is 0 Å². The van der Waals surface area contributed by atoms with Crippen LogP contribution in [0.2, 0.25) is 5.02 Å². The number of fused-ring (bicyclic) bond motifs is 1. The predicted molar refractivity (Wildman–Crippen MR) is 98.9 cm³/mol. The molecule has 3 rings (SSSR count). The van der Waals surface area contributed by atoms with E-state index in [0.29, 0.717) is 17.9 Å². The number of anilines is 1. The van der Waals surface area contributed by atoms with Gasteiger partial charge < -0.3 is 20.5 Å². The molecule has 2 aromatic carbocycles. The summed E-state index contributed by atoms with van der Waals surface area (Å²) >= 11 is 5.90. The first kappa shape index (κ1) is 18.7. The van der Waals surface area contributed by atoms with Crippen molar-refractivity contribution in [1.29, 1.82) is 0 Å². The molecule has 0 fully saturated rings. The van der Waals surface area contributed by atoms with Crippen LogP contribution >= 0.6 is 11.6 Å². The minimum atomic E-state index is -0.928. The summed E-state index contributed by atoms with van der Waals surface area (Å²) < 4.78 is 4.66. The van der Waals surface area contributed by atoms with Gasteiger partial charge in [-0.05, 0) is 48.2 Å². The number of amides is 2. The zero-order chi connectivity index (χ0) is 19.6. The maximum Gasteiger partial charge on any atom is 0.339 e. The second kappa shape index (κ2) is 7.67. The molecule has 0 spiro atoms. The molecule has 1 aliphatic rings. The van der Waals surface area contributed by atoms with Gasteiger partial charge in [0.2, 0.25) is 0 Å². The van der Waals surface area contributed by atoms with Gasteiger partial charge in [-0.3, -0.25) is 9.59 Å². The smallest absolute Gasteiger partial charge is 0.339 e. The number of hydrogen-bond donors (Lipinski definition) is 3. The summed E-state index contributed by atoms with van der Waals surface area (Å²) in [5.41, 5.74) is 1.87. The van der Waals surface area contributed by atoms with Crippen LogP contribution in [0.4, 0.5) is 5.69 Å². The van der Waals surface area contributed by atoms with Gasteiger partial charge in [-0.1, -0.05) is 23.7 Å². The number of phenols is 1. The first-order chi connectivity index (χ1) is 12.9. The molecule has 2 aromatic rings. The predicted octanol–water partition coefficient (Wildman–Crippen LogP) is 2.05. The van der Waals surface area contributed by atoms with Crippen molar-refractivity contribution in [3.63, 3.8) is 0 Å². The Balaban J connectivity index is 1.68. The number of aromatic hydroxyl groups is 1. The molecule has 140 valence electrons. The molecule has 0 radical (unpaired) electrons. The van der Waals surface area contributed by atoms with Crippen molar-refractivity contribution in [2.24, 2.45) is 0 Å². The quantitative estimate of drug-likeness (QED) is 0.551. The molecule has 0 aromatic heterocycles. The topological polar surface area (TPSA) is 105 Å². The number of carbonyl (C=O) groups is 3. The maximum atomic E-state index is 12.2. The number of carbonyl (C=O) groups excluding carboxylic acids is 3. The second-order valence-corrected chi connectivity index (χ2v) is 6.57. The van der Waals surface area contributed by atoms with Gasteiger partial charge in [0.1, 0.15) is 5.75 Å². The van der Waals surface area contributed by atoms with E-state index in [0.717, 1.165) is 11.1 Å². The third kappa shape index (κ3) is 4.03. The summed E-state index contributed by atoms with van der Waals surface area (Å²) in [5.74, 6) is -2.26. The van der Waals surface area contributed by atoms with E-state index in [4.69, 9.17) is 11.6 Å². The van der Waals surface area contributed by atoms with E-state index in [1.54, 1.807) is 12.1 Å². The Morgan fingerprint density at radius 3 is 2.63 bits per heavy atom. The number of hydrogen-bond acceptors (Lipinski definition) is 5. The number of esters is 1. The molecule has 0 saturated carbocycles. The fourth-order valence-corrected chi connectivity index (χ4v) is 3.24. The van der Waals surface area contributed by atoms with Gasteiger partial charge >= 0.3 is 17.8 Å². The third-order valence-electron chi connectivity index (χ3n) is 4.34. The number of halogens is 1. The number of nitrogens with one attached hydrogen (secondary N) is 2. The van der Waals surface area contributed by atoms with E-state index < -0.39 is 17.8 Å². The summed E-state index contributed by atoms with van der Waals surface area (Å²) in [5, 5.41) is 15.2. The first-order valence-electron chi connectivity index (χ1n) is 8.18. The lowest BCUT2D eigenvalue weighted by atomic mass is 10.1. The van der Waals surface area contributed by atoms with Gasteiger partial charge in [0, 0.05) is 11.1 Å². The summed E-state index contributed by atoms with van der Waals surface area (Å²) in [6, 6.07) is 9.13. The minimum Gasteiger partial charge on any atom is -0.508 e. The fraction of sp³-hybridized carbons (Fsp3) is 0.211. The highest BCUT2D eigenvalue weighted by atomic mass is 35.5. The van der Waals surface area contributed by atoms with E-state index in [-0.39, 0.29) is 23.0 Å². The molecule has 8 heteroatoms. The standard InChI is InChI=1S/C19H17ClN2O5/c1-27-19(26)13-6-5-11(20)8-15(13)22-18(25)17(24)21-12-7-10-3-2-4-16(23)14(10)9-12/h2-6,8,12,23H,7,9H2,1H3,(H,21,24)(H,22,25). The molecule has 0 bridgehead atoms. The molecule has 1 aliphatic carbocycles. The van der Waals surface area contributed by atoms with E-state index in [9.17, 15) is 19.5 Å². The molecule has 0 heterocycles. The van der Waals surface area contributed by atoms with Crippen LogP contribution in [0.3, 0.4) is 0 Å². The number of ether oxygens (including phenoxy) is 1. The fourth-order valence-electron chi connectivity index (χ4n) is 3.07. The van der Waals surface area contributed by atoms with Crippen LogP contribution in [0.1, 0.15) is 21.5 Å². The van der Waals surface area contributed by atoms with Crippen LogP contribution < -0.4 is 10.6 Å². The minimum absolute atomic E-state index is 0.0845. The SMILES string of the molecule is COC(=O)c1ccc(Cl)cc1NC(=O)C(=O)NC1Cc2cccc(O)c2C1. The van der Waals surface area contributed by atoms with E-state index in [1.807, 2.05) is 6.07 Å². The lowest BCUT2D eigenvalue weighted by Crippen LogP contribution is -2.42. The second-order valence-electron chi connectivity index (χ2n) is 6.13. The van der Waals surface area contributed by atoms with Crippen LogP contribution in [0.15, 0.2) is 36.4 Å². The highest BCUT2D eigenvalue weighted by Gasteiger charge is 2.27. The van der Waals surface area contributed by atoms with Gasteiger partial charge in [-0.25, -0.2) is 4.79 Å². The Labute approximate surface area is 160 Å². The molecule has 27 heavy (non-hydrogen) atoms. The van der Waals surface area contributed by atoms with Gasteiger partial charge in [-0.15, -0.1) is 0 Å². The van der Waals surface area contributed by atoms with Crippen molar-refractivity contribution in [2.45, 2.75) is 18.9 Å². The van der Waals surface area contributed by atoms with Crippen LogP contribution in [0, 0.1) is 0 Å². The molecular weight excluding hydrogens is 372 g/mol. The maximum absolute atomic E-state index is 12.2. The van der Waals surface area contributed by atoms with Crippen molar-refractivity contribution in [3.8, 4) is 5.75 Å². The van der Waals surface area contributed by atoms with Gasteiger partial charge in [0.15, 0.2) is 0 Å².